The lowest BCUT2D eigenvalue weighted by Crippen LogP contribution is -2.35. The van der Waals surface area contributed by atoms with Gasteiger partial charge in [0.1, 0.15) is 5.69 Å². The van der Waals surface area contributed by atoms with E-state index in [9.17, 15) is 18.5 Å². The van der Waals surface area contributed by atoms with Gasteiger partial charge in [-0.05, 0) is 25.0 Å². The number of rotatable bonds is 6. The SMILES string of the molecule is Cn1cc(CNc2ccc(S(=O)(=O)N3CCCCC3)cc2[N+](=O)[O-])cn1. The third-order valence-corrected chi connectivity index (χ3v) is 6.25. The molecule has 0 atom stereocenters. The molecule has 1 N–H and O–H groups in total. The zero-order valence-electron chi connectivity index (χ0n) is 14.5. The maximum atomic E-state index is 12.7. The van der Waals surface area contributed by atoms with E-state index in [2.05, 4.69) is 10.4 Å². The molecule has 1 fully saturated rings. The molecular weight excluding hydrogens is 358 g/mol. The van der Waals surface area contributed by atoms with Gasteiger partial charge in [0.25, 0.3) is 5.69 Å². The molecule has 0 aliphatic carbocycles. The first-order valence-electron chi connectivity index (χ1n) is 8.38. The monoisotopic (exact) mass is 379 g/mol. The molecule has 1 aromatic carbocycles. The predicted octanol–water partition coefficient (Wildman–Crippen LogP) is 2.11. The van der Waals surface area contributed by atoms with Crippen LogP contribution in [0.25, 0.3) is 0 Å². The van der Waals surface area contributed by atoms with E-state index in [0.29, 0.717) is 19.6 Å². The highest BCUT2D eigenvalue weighted by Gasteiger charge is 2.28. The maximum Gasteiger partial charge on any atom is 0.293 e. The number of nitro benzene ring substituents is 1. The van der Waals surface area contributed by atoms with Crippen LogP contribution in [0.1, 0.15) is 24.8 Å². The topological polar surface area (TPSA) is 110 Å². The minimum absolute atomic E-state index is 0.0435. The van der Waals surface area contributed by atoms with Crippen LogP contribution in [0.2, 0.25) is 0 Å². The van der Waals surface area contributed by atoms with Crippen molar-refractivity contribution in [1.82, 2.24) is 14.1 Å². The van der Waals surface area contributed by atoms with Crippen molar-refractivity contribution >= 4 is 21.4 Å². The van der Waals surface area contributed by atoms with Crippen LogP contribution in [0.15, 0.2) is 35.5 Å². The van der Waals surface area contributed by atoms with Crippen LogP contribution < -0.4 is 5.32 Å². The molecule has 0 amide bonds. The van der Waals surface area contributed by atoms with Crippen molar-refractivity contribution in [2.24, 2.45) is 7.05 Å². The summed E-state index contributed by atoms with van der Waals surface area (Å²) in [5.41, 5.74) is 0.884. The van der Waals surface area contributed by atoms with Crippen LogP contribution in [-0.2, 0) is 23.6 Å². The molecule has 10 heteroatoms. The number of nitrogens with zero attached hydrogens (tertiary/aromatic N) is 4. The van der Waals surface area contributed by atoms with Crippen LogP contribution >= 0.6 is 0 Å². The molecule has 3 rings (SSSR count). The fourth-order valence-electron chi connectivity index (χ4n) is 2.99. The normalized spacial score (nSPS) is 15.7. The number of hydrogen-bond acceptors (Lipinski definition) is 6. The Bertz CT molecular complexity index is 903. The van der Waals surface area contributed by atoms with E-state index in [1.54, 1.807) is 24.1 Å². The standard InChI is InChI=1S/C16H21N5O4S/c1-19-12-13(11-18-19)10-17-15-6-5-14(9-16(15)21(22)23)26(24,25)20-7-3-2-4-8-20/h5-6,9,11-12,17H,2-4,7-8,10H2,1H3. The molecule has 26 heavy (non-hydrogen) atoms. The van der Waals surface area contributed by atoms with Crippen LogP contribution in [0.5, 0.6) is 0 Å². The fourth-order valence-corrected chi connectivity index (χ4v) is 4.52. The number of hydrogen-bond donors (Lipinski definition) is 1. The third kappa shape index (κ3) is 3.86. The molecular formula is C16H21N5O4S. The lowest BCUT2D eigenvalue weighted by Gasteiger charge is -2.25. The summed E-state index contributed by atoms with van der Waals surface area (Å²) in [4.78, 5) is 10.8. The number of aromatic nitrogens is 2. The molecule has 0 spiro atoms. The fraction of sp³-hybridized carbons (Fsp3) is 0.438. The first kappa shape index (κ1) is 18.3. The summed E-state index contributed by atoms with van der Waals surface area (Å²) in [7, 11) is -1.93. The van der Waals surface area contributed by atoms with Crippen LogP contribution in [-0.4, -0.2) is 40.5 Å². The lowest BCUT2D eigenvalue weighted by atomic mass is 10.2. The van der Waals surface area contributed by atoms with Crippen LogP contribution in [0.4, 0.5) is 11.4 Å². The second kappa shape index (κ2) is 7.42. The molecule has 2 aromatic rings. The Morgan fingerprint density at radius 3 is 2.62 bits per heavy atom. The third-order valence-electron chi connectivity index (χ3n) is 4.36. The number of piperidine rings is 1. The number of sulfonamides is 1. The summed E-state index contributed by atoms with van der Waals surface area (Å²) in [5.74, 6) is 0. The molecule has 2 heterocycles. The average Bonchev–Trinajstić information content (AvgIpc) is 3.05. The van der Waals surface area contributed by atoms with Crippen LogP contribution in [0, 0.1) is 10.1 Å². The van der Waals surface area contributed by atoms with E-state index >= 15 is 0 Å². The molecule has 0 bridgehead atoms. The maximum absolute atomic E-state index is 12.7. The highest BCUT2D eigenvalue weighted by molar-refractivity contribution is 7.89. The second-order valence-electron chi connectivity index (χ2n) is 6.28. The highest BCUT2D eigenvalue weighted by atomic mass is 32.2. The number of aryl methyl sites for hydroxylation is 1. The molecule has 1 aromatic heterocycles. The zero-order valence-corrected chi connectivity index (χ0v) is 15.3. The quantitative estimate of drug-likeness (QED) is 0.608. The van der Waals surface area contributed by atoms with Crippen molar-refractivity contribution in [3.63, 3.8) is 0 Å². The number of nitro groups is 1. The van der Waals surface area contributed by atoms with Gasteiger partial charge >= 0.3 is 0 Å². The van der Waals surface area contributed by atoms with Gasteiger partial charge in [0.2, 0.25) is 10.0 Å². The summed E-state index contributed by atoms with van der Waals surface area (Å²) in [6, 6.07) is 4.00. The van der Waals surface area contributed by atoms with Gasteiger partial charge in [-0.15, -0.1) is 0 Å². The molecule has 0 unspecified atom stereocenters. The Morgan fingerprint density at radius 2 is 2.00 bits per heavy atom. The van der Waals surface area contributed by atoms with Crippen molar-refractivity contribution in [2.45, 2.75) is 30.7 Å². The Hall–Kier alpha value is -2.46. The minimum atomic E-state index is -3.71. The Morgan fingerprint density at radius 1 is 1.27 bits per heavy atom. The average molecular weight is 379 g/mol. The molecule has 9 nitrogen and oxygen atoms in total. The Labute approximate surface area is 151 Å². The smallest absolute Gasteiger partial charge is 0.293 e. The van der Waals surface area contributed by atoms with Gasteiger partial charge in [0.05, 0.1) is 16.0 Å². The highest BCUT2D eigenvalue weighted by Crippen LogP contribution is 2.30. The molecule has 140 valence electrons. The number of nitrogens with one attached hydrogen (secondary N) is 1. The lowest BCUT2D eigenvalue weighted by molar-refractivity contribution is -0.384. The van der Waals surface area contributed by atoms with E-state index < -0.39 is 14.9 Å². The minimum Gasteiger partial charge on any atom is -0.375 e. The number of anilines is 1. The van der Waals surface area contributed by atoms with Crippen molar-refractivity contribution in [2.75, 3.05) is 18.4 Å². The van der Waals surface area contributed by atoms with Crippen molar-refractivity contribution in [3.05, 3.63) is 46.3 Å². The summed E-state index contributed by atoms with van der Waals surface area (Å²) >= 11 is 0. The van der Waals surface area contributed by atoms with Crippen molar-refractivity contribution < 1.29 is 13.3 Å². The van der Waals surface area contributed by atoms with Gasteiger partial charge in [0, 0.05) is 44.5 Å². The Kier molecular flexibility index (Phi) is 5.23. The van der Waals surface area contributed by atoms with Crippen molar-refractivity contribution in [1.29, 1.82) is 0 Å². The van der Waals surface area contributed by atoms with Gasteiger partial charge in [-0.25, -0.2) is 8.42 Å². The predicted molar refractivity (Wildman–Crippen MR) is 96.2 cm³/mol. The summed E-state index contributed by atoms with van der Waals surface area (Å²) in [5, 5.41) is 18.5. The van der Waals surface area contributed by atoms with E-state index in [1.807, 2.05) is 0 Å². The van der Waals surface area contributed by atoms with E-state index in [4.69, 9.17) is 0 Å². The van der Waals surface area contributed by atoms with E-state index in [1.165, 1.54) is 16.4 Å². The van der Waals surface area contributed by atoms with E-state index in [0.717, 1.165) is 30.9 Å². The zero-order chi connectivity index (χ0) is 18.7. The Balaban J connectivity index is 1.85. The van der Waals surface area contributed by atoms with Crippen molar-refractivity contribution in [3.8, 4) is 0 Å². The molecule has 0 saturated carbocycles. The van der Waals surface area contributed by atoms with Gasteiger partial charge in [-0.1, -0.05) is 6.42 Å². The van der Waals surface area contributed by atoms with Gasteiger partial charge in [-0.3, -0.25) is 14.8 Å². The second-order valence-corrected chi connectivity index (χ2v) is 8.21. The first-order valence-corrected chi connectivity index (χ1v) is 9.82. The van der Waals surface area contributed by atoms with E-state index in [-0.39, 0.29) is 16.3 Å². The number of benzene rings is 1. The summed E-state index contributed by atoms with van der Waals surface area (Å²) < 4.78 is 28.5. The van der Waals surface area contributed by atoms with Gasteiger partial charge in [-0.2, -0.15) is 9.40 Å². The summed E-state index contributed by atoms with van der Waals surface area (Å²) in [6.07, 6.45) is 6.09. The van der Waals surface area contributed by atoms with Gasteiger partial charge in [0.15, 0.2) is 0 Å². The molecule has 1 aliphatic heterocycles. The van der Waals surface area contributed by atoms with Crippen LogP contribution in [0.3, 0.4) is 0 Å². The molecule has 1 saturated heterocycles. The molecule has 1 aliphatic rings. The largest absolute Gasteiger partial charge is 0.375 e. The van der Waals surface area contributed by atoms with Gasteiger partial charge < -0.3 is 5.32 Å². The first-order chi connectivity index (χ1) is 12.4. The summed E-state index contributed by atoms with van der Waals surface area (Å²) in [6.45, 7) is 1.27. The molecule has 0 radical (unpaired) electrons.